The van der Waals surface area contributed by atoms with Crippen molar-refractivity contribution in [1.82, 2.24) is 14.1 Å². The Kier molecular flexibility index (Phi) is 7.32. The number of anilines is 1. The second kappa shape index (κ2) is 10.0. The molecule has 2 aromatic carbocycles. The number of ether oxygens (including phenoxy) is 1. The van der Waals surface area contributed by atoms with Crippen LogP contribution in [0.3, 0.4) is 0 Å². The second-order valence-corrected chi connectivity index (χ2v) is 9.17. The maximum atomic E-state index is 13.1. The monoisotopic (exact) mass is 487 g/mol. The van der Waals surface area contributed by atoms with E-state index in [2.05, 4.69) is 10.4 Å². The van der Waals surface area contributed by atoms with E-state index < -0.39 is 20.9 Å². The molecule has 12 heteroatoms. The fourth-order valence-corrected chi connectivity index (χ4v) is 5.05. The Hall–Kier alpha value is -3.77. The third kappa shape index (κ3) is 4.92. The Morgan fingerprint density at radius 3 is 2.35 bits per heavy atom. The average molecular weight is 488 g/mol. The van der Waals surface area contributed by atoms with E-state index in [1.54, 1.807) is 26.8 Å². The highest BCUT2D eigenvalue weighted by Gasteiger charge is 2.27. The standard InChI is InChI=1S/C22H25N5O6S/c1-5-25(6-2)34(31,32)20-14-16(7-12-19(20)33-4)22(28)23-21-13-15(3)24-26(21)17-8-10-18(11-9-17)27(29)30/h7-14H,5-6H2,1-4H3,(H,23,28). The first-order chi connectivity index (χ1) is 16.1. The van der Waals surface area contributed by atoms with Crippen LogP contribution in [0.1, 0.15) is 29.9 Å². The highest BCUT2D eigenvalue weighted by atomic mass is 32.2. The highest BCUT2D eigenvalue weighted by molar-refractivity contribution is 7.89. The zero-order valence-corrected chi connectivity index (χ0v) is 20.0. The number of carbonyl (C=O) groups is 1. The fraction of sp³-hybridized carbons (Fsp3) is 0.273. The molecule has 0 saturated carbocycles. The normalized spacial score (nSPS) is 11.4. The van der Waals surface area contributed by atoms with Gasteiger partial charge in [0.2, 0.25) is 10.0 Å². The van der Waals surface area contributed by atoms with Gasteiger partial charge < -0.3 is 10.1 Å². The maximum Gasteiger partial charge on any atom is 0.269 e. The van der Waals surface area contributed by atoms with Gasteiger partial charge in [-0.3, -0.25) is 14.9 Å². The summed E-state index contributed by atoms with van der Waals surface area (Å²) in [5.74, 6) is -0.0998. The van der Waals surface area contributed by atoms with Crippen molar-refractivity contribution in [3.8, 4) is 11.4 Å². The van der Waals surface area contributed by atoms with Crippen molar-refractivity contribution in [2.75, 3.05) is 25.5 Å². The molecule has 0 bridgehead atoms. The number of hydrogen-bond acceptors (Lipinski definition) is 7. The van der Waals surface area contributed by atoms with Crippen LogP contribution in [-0.4, -0.2) is 53.5 Å². The number of benzene rings is 2. The highest BCUT2D eigenvalue weighted by Crippen LogP contribution is 2.28. The van der Waals surface area contributed by atoms with Gasteiger partial charge in [-0.25, -0.2) is 13.1 Å². The lowest BCUT2D eigenvalue weighted by Gasteiger charge is -2.20. The van der Waals surface area contributed by atoms with E-state index in [1.165, 1.54) is 58.6 Å². The van der Waals surface area contributed by atoms with Crippen LogP contribution < -0.4 is 10.1 Å². The molecule has 1 amide bonds. The quantitative estimate of drug-likeness (QED) is 0.361. The van der Waals surface area contributed by atoms with E-state index in [4.69, 9.17) is 4.74 Å². The summed E-state index contributed by atoms with van der Waals surface area (Å²) < 4.78 is 34.1. The Bertz CT molecular complexity index is 1310. The minimum atomic E-state index is -3.88. The van der Waals surface area contributed by atoms with Crippen LogP contribution in [0.25, 0.3) is 5.69 Å². The number of hydrogen-bond donors (Lipinski definition) is 1. The first-order valence-electron chi connectivity index (χ1n) is 10.4. The minimum Gasteiger partial charge on any atom is -0.495 e. The molecule has 0 unspecified atom stereocenters. The van der Waals surface area contributed by atoms with Gasteiger partial charge in [0.05, 0.1) is 23.4 Å². The molecule has 3 aromatic rings. The largest absolute Gasteiger partial charge is 0.495 e. The molecule has 0 spiro atoms. The number of nitro benzene ring substituents is 1. The zero-order valence-electron chi connectivity index (χ0n) is 19.2. The van der Waals surface area contributed by atoms with Crippen molar-refractivity contribution < 1.29 is 22.9 Å². The van der Waals surface area contributed by atoms with Crippen molar-refractivity contribution in [3.05, 3.63) is 69.9 Å². The summed E-state index contributed by atoms with van der Waals surface area (Å²) >= 11 is 0. The van der Waals surface area contributed by atoms with Gasteiger partial charge in [0.1, 0.15) is 16.5 Å². The number of aromatic nitrogens is 2. The van der Waals surface area contributed by atoms with Gasteiger partial charge in [-0.05, 0) is 37.3 Å². The Labute approximate surface area is 197 Å². The number of nitrogens with zero attached hydrogens (tertiary/aromatic N) is 4. The average Bonchev–Trinajstić information content (AvgIpc) is 3.19. The lowest BCUT2D eigenvalue weighted by Crippen LogP contribution is -2.31. The number of nitrogens with one attached hydrogen (secondary N) is 1. The van der Waals surface area contributed by atoms with Crippen LogP contribution in [0, 0.1) is 17.0 Å². The van der Waals surface area contributed by atoms with Crippen molar-refractivity contribution in [2.24, 2.45) is 0 Å². The van der Waals surface area contributed by atoms with Crippen LogP contribution in [0.4, 0.5) is 11.5 Å². The molecule has 1 heterocycles. The van der Waals surface area contributed by atoms with Gasteiger partial charge >= 0.3 is 0 Å². The SMILES string of the molecule is CCN(CC)S(=O)(=O)c1cc(C(=O)Nc2cc(C)nn2-c2ccc([N+](=O)[O-])cc2)ccc1OC. The molecule has 0 fully saturated rings. The number of nitro groups is 1. The molecule has 0 atom stereocenters. The Balaban J connectivity index is 1.96. The Morgan fingerprint density at radius 2 is 1.79 bits per heavy atom. The van der Waals surface area contributed by atoms with E-state index in [0.717, 1.165) is 0 Å². The van der Waals surface area contributed by atoms with E-state index in [9.17, 15) is 23.3 Å². The van der Waals surface area contributed by atoms with Crippen molar-refractivity contribution in [3.63, 3.8) is 0 Å². The van der Waals surface area contributed by atoms with Crippen molar-refractivity contribution >= 4 is 27.4 Å². The number of rotatable bonds is 9. The van der Waals surface area contributed by atoms with Crippen LogP contribution >= 0.6 is 0 Å². The molecular formula is C22H25N5O6S. The Morgan fingerprint density at radius 1 is 1.15 bits per heavy atom. The van der Waals surface area contributed by atoms with E-state index in [0.29, 0.717) is 17.2 Å². The summed E-state index contributed by atoms with van der Waals surface area (Å²) in [6.07, 6.45) is 0. The molecule has 1 aromatic heterocycles. The summed E-state index contributed by atoms with van der Waals surface area (Å²) in [6, 6.07) is 11.5. The van der Waals surface area contributed by atoms with Gasteiger partial charge in [-0.1, -0.05) is 13.8 Å². The number of methoxy groups -OCH3 is 1. The molecule has 1 N–H and O–H groups in total. The van der Waals surface area contributed by atoms with Crippen LogP contribution in [0.5, 0.6) is 5.75 Å². The smallest absolute Gasteiger partial charge is 0.269 e. The number of amides is 1. The zero-order chi connectivity index (χ0) is 25.0. The van der Waals surface area contributed by atoms with E-state index >= 15 is 0 Å². The molecule has 0 aliphatic rings. The van der Waals surface area contributed by atoms with Gasteiger partial charge in [0.15, 0.2) is 0 Å². The van der Waals surface area contributed by atoms with Crippen molar-refractivity contribution in [1.29, 1.82) is 0 Å². The molecule has 180 valence electrons. The summed E-state index contributed by atoms with van der Waals surface area (Å²) in [4.78, 5) is 23.4. The molecular weight excluding hydrogens is 462 g/mol. The number of non-ortho nitro benzene ring substituents is 1. The van der Waals surface area contributed by atoms with Crippen LogP contribution in [0.15, 0.2) is 53.4 Å². The number of aryl methyl sites for hydroxylation is 1. The predicted molar refractivity (Wildman–Crippen MR) is 126 cm³/mol. The van der Waals surface area contributed by atoms with Gasteiger partial charge in [0, 0.05) is 36.9 Å². The minimum absolute atomic E-state index is 0.0709. The topological polar surface area (TPSA) is 137 Å². The summed E-state index contributed by atoms with van der Waals surface area (Å²) in [5, 5.41) is 18.0. The first-order valence-corrected chi connectivity index (χ1v) is 11.9. The maximum absolute atomic E-state index is 13.1. The molecule has 34 heavy (non-hydrogen) atoms. The summed E-state index contributed by atoms with van der Waals surface area (Å²) in [5.41, 5.74) is 1.15. The van der Waals surface area contributed by atoms with Gasteiger partial charge in [0.25, 0.3) is 11.6 Å². The number of carbonyl (C=O) groups excluding carboxylic acids is 1. The lowest BCUT2D eigenvalue weighted by molar-refractivity contribution is -0.384. The second-order valence-electron chi connectivity index (χ2n) is 7.27. The summed E-state index contributed by atoms with van der Waals surface area (Å²) in [6.45, 7) is 5.73. The predicted octanol–water partition coefficient (Wildman–Crippen LogP) is 3.38. The van der Waals surface area contributed by atoms with E-state index in [1.807, 2.05) is 0 Å². The van der Waals surface area contributed by atoms with Crippen LogP contribution in [-0.2, 0) is 10.0 Å². The lowest BCUT2D eigenvalue weighted by atomic mass is 10.2. The molecule has 11 nitrogen and oxygen atoms in total. The third-order valence-corrected chi connectivity index (χ3v) is 7.20. The van der Waals surface area contributed by atoms with Crippen molar-refractivity contribution in [2.45, 2.75) is 25.7 Å². The molecule has 0 aliphatic heterocycles. The van der Waals surface area contributed by atoms with Gasteiger partial charge in [-0.2, -0.15) is 9.40 Å². The van der Waals surface area contributed by atoms with Crippen LogP contribution in [0.2, 0.25) is 0 Å². The van der Waals surface area contributed by atoms with Gasteiger partial charge in [-0.15, -0.1) is 0 Å². The molecule has 0 radical (unpaired) electrons. The number of sulfonamides is 1. The molecule has 3 rings (SSSR count). The summed E-state index contributed by atoms with van der Waals surface area (Å²) in [7, 11) is -2.51. The first kappa shape index (κ1) is 24.9. The third-order valence-electron chi connectivity index (χ3n) is 5.13. The van der Waals surface area contributed by atoms with E-state index in [-0.39, 0.29) is 35.0 Å². The fourth-order valence-electron chi connectivity index (χ4n) is 3.41. The molecule has 0 saturated heterocycles. The molecule has 0 aliphatic carbocycles.